The Morgan fingerprint density at radius 3 is 2.27 bits per heavy atom. The highest BCUT2D eigenvalue weighted by atomic mass is 32.3. The smallest absolute Gasteiger partial charge is 0.397 e. The van der Waals surface area contributed by atoms with E-state index in [4.69, 9.17) is 13.8 Å². The summed E-state index contributed by atoms with van der Waals surface area (Å²) >= 11 is 0. The molecule has 0 aliphatic heterocycles. The zero-order chi connectivity index (χ0) is 22.9. The fourth-order valence-corrected chi connectivity index (χ4v) is 5.09. The largest absolute Gasteiger partial charge is 0.481 e. The zero-order valence-electron chi connectivity index (χ0n) is 16.1. The highest BCUT2D eigenvalue weighted by molar-refractivity contribution is 7.83. The number of carboxylic acids is 1. The molecule has 0 aromatic rings. The van der Waals surface area contributed by atoms with Crippen LogP contribution in [-0.2, 0) is 34.4 Å². The van der Waals surface area contributed by atoms with Crippen molar-refractivity contribution in [3.05, 3.63) is 0 Å². The lowest BCUT2D eigenvalue weighted by atomic mass is 9.77. The molecular weight excluding hydrogens is 450 g/mol. The van der Waals surface area contributed by atoms with Gasteiger partial charge in [0.2, 0.25) is 0 Å². The number of hydrogen-bond donors (Lipinski definition) is 6. The van der Waals surface area contributed by atoms with Gasteiger partial charge in [-0.1, -0.05) is 6.92 Å². The number of aliphatic carboxylic acids is 1. The molecule has 0 aromatic carbocycles. The van der Waals surface area contributed by atoms with Crippen molar-refractivity contribution in [3.8, 4) is 0 Å². The SMILES string of the molecule is CC1CCC(C(=O)O)[C@H](O[C@@H]2CC(COS(=O)(=O)O)C[C@H](O)C2NS(=O)(=O)O)[C@@H]1O. The Morgan fingerprint density at radius 2 is 1.73 bits per heavy atom. The molecule has 4 unspecified atom stereocenters. The molecule has 8 atom stereocenters. The van der Waals surface area contributed by atoms with E-state index in [0.29, 0.717) is 6.42 Å². The van der Waals surface area contributed by atoms with E-state index in [1.807, 2.05) is 4.72 Å². The molecule has 0 bridgehead atoms. The molecule has 2 rings (SSSR count). The van der Waals surface area contributed by atoms with Crippen molar-refractivity contribution in [1.29, 1.82) is 0 Å². The summed E-state index contributed by atoms with van der Waals surface area (Å²) in [4.78, 5) is 11.6. The predicted octanol–water partition coefficient (Wildman–Crippen LogP) is -1.42. The van der Waals surface area contributed by atoms with Crippen molar-refractivity contribution in [2.75, 3.05) is 6.61 Å². The van der Waals surface area contributed by atoms with E-state index >= 15 is 0 Å². The number of aliphatic hydroxyl groups excluding tert-OH is 2. The number of aliphatic hydroxyl groups is 2. The molecular formula is C15H27NO12S2. The van der Waals surface area contributed by atoms with Crippen LogP contribution in [0.5, 0.6) is 0 Å². The van der Waals surface area contributed by atoms with Gasteiger partial charge in [0.15, 0.2) is 0 Å². The van der Waals surface area contributed by atoms with Gasteiger partial charge in [0.05, 0.1) is 43.0 Å². The maximum Gasteiger partial charge on any atom is 0.397 e. The van der Waals surface area contributed by atoms with Crippen LogP contribution in [0.15, 0.2) is 0 Å². The third-order valence-corrected chi connectivity index (χ3v) is 6.60. The van der Waals surface area contributed by atoms with E-state index in [1.54, 1.807) is 6.92 Å². The predicted molar refractivity (Wildman–Crippen MR) is 98.9 cm³/mol. The average molecular weight is 478 g/mol. The van der Waals surface area contributed by atoms with Gasteiger partial charge in [-0.15, -0.1) is 0 Å². The van der Waals surface area contributed by atoms with Crippen LogP contribution in [0.4, 0.5) is 0 Å². The van der Waals surface area contributed by atoms with Gasteiger partial charge in [-0.3, -0.25) is 13.9 Å². The Hall–Kier alpha value is -0.910. The highest BCUT2D eigenvalue weighted by Gasteiger charge is 2.46. The fraction of sp³-hybridized carbons (Fsp3) is 0.933. The second kappa shape index (κ2) is 9.70. The van der Waals surface area contributed by atoms with Crippen molar-refractivity contribution in [3.63, 3.8) is 0 Å². The maximum absolute atomic E-state index is 11.6. The molecule has 176 valence electrons. The second-order valence-corrected chi connectivity index (χ2v) is 10.1. The number of carboxylic acid groups (broad SMARTS) is 1. The number of ether oxygens (including phenoxy) is 1. The number of carbonyl (C=O) groups is 1. The summed E-state index contributed by atoms with van der Waals surface area (Å²) in [5.74, 6) is -3.32. The Labute approximate surface area is 174 Å². The van der Waals surface area contributed by atoms with Crippen molar-refractivity contribution >= 4 is 26.7 Å². The quantitative estimate of drug-likeness (QED) is 0.222. The molecule has 0 amide bonds. The normalized spacial score (nSPS) is 38.3. The summed E-state index contributed by atoms with van der Waals surface area (Å²) in [6.45, 7) is 1.16. The summed E-state index contributed by atoms with van der Waals surface area (Å²) in [6.07, 6.45) is -4.71. The molecule has 2 aliphatic carbocycles. The molecule has 6 N–H and O–H groups in total. The molecule has 2 fully saturated rings. The molecule has 2 aliphatic rings. The fourth-order valence-electron chi connectivity index (χ4n) is 4.07. The molecule has 2 saturated carbocycles. The van der Waals surface area contributed by atoms with Gasteiger partial charge >= 0.3 is 26.7 Å². The third-order valence-electron chi connectivity index (χ3n) is 5.59. The van der Waals surface area contributed by atoms with Gasteiger partial charge in [0.1, 0.15) is 0 Å². The Balaban J connectivity index is 2.26. The molecule has 13 nitrogen and oxygen atoms in total. The van der Waals surface area contributed by atoms with Crippen LogP contribution in [0.1, 0.15) is 32.6 Å². The van der Waals surface area contributed by atoms with Crippen molar-refractivity contribution in [2.45, 2.75) is 63.1 Å². The standard InChI is InChI=1S/C15H27NO12S2/c1-7-2-3-9(15(19)20)14(13(7)18)28-11-5-8(6-27-30(24,25)26)4-10(17)12(11)16-29(21,22)23/h7-14,16-18H,2-6H2,1H3,(H,19,20)(H,21,22,23)(H,24,25,26)/t7?,8?,9?,10-,11+,12?,13+,14-/m0/s1. The summed E-state index contributed by atoms with van der Waals surface area (Å²) in [6, 6.07) is -1.39. The van der Waals surface area contributed by atoms with Crippen LogP contribution in [0.3, 0.4) is 0 Å². The van der Waals surface area contributed by atoms with Gasteiger partial charge in [-0.05, 0) is 37.5 Å². The van der Waals surface area contributed by atoms with Crippen LogP contribution < -0.4 is 4.72 Å². The van der Waals surface area contributed by atoms with E-state index in [-0.39, 0.29) is 25.2 Å². The number of nitrogens with one attached hydrogen (secondary N) is 1. The Bertz CT molecular complexity index is 815. The summed E-state index contributed by atoms with van der Waals surface area (Å²) in [5.41, 5.74) is 0. The van der Waals surface area contributed by atoms with Gasteiger partial charge in [-0.2, -0.15) is 21.6 Å². The van der Waals surface area contributed by atoms with E-state index in [1.165, 1.54) is 0 Å². The first-order valence-electron chi connectivity index (χ1n) is 9.29. The minimum Gasteiger partial charge on any atom is -0.481 e. The van der Waals surface area contributed by atoms with E-state index in [0.717, 1.165) is 0 Å². The maximum atomic E-state index is 11.6. The van der Waals surface area contributed by atoms with E-state index in [9.17, 15) is 36.9 Å². The van der Waals surface area contributed by atoms with Gasteiger partial charge < -0.3 is 20.1 Å². The molecule has 0 spiro atoms. The lowest BCUT2D eigenvalue weighted by molar-refractivity contribution is -0.181. The average Bonchev–Trinajstić information content (AvgIpc) is 2.58. The van der Waals surface area contributed by atoms with Crippen molar-refractivity contribution in [1.82, 2.24) is 4.72 Å². The van der Waals surface area contributed by atoms with Crippen LogP contribution in [0.2, 0.25) is 0 Å². The van der Waals surface area contributed by atoms with E-state index < -0.39 is 75.6 Å². The Morgan fingerprint density at radius 1 is 1.10 bits per heavy atom. The molecule has 0 saturated heterocycles. The van der Waals surface area contributed by atoms with E-state index in [2.05, 4.69) is 4.18 Å². The van der Waals surface area contributed by atoms with Crippen LogP contribution in [0.25, 0.3) is 0 Å². The van der Waals surface area contributed by atoms with Crippen LogP contribution in [-0.4, -0.2) is 84.3 Å². The number of rotatable bonds is 8. The molecule has 0 aromatic heterocycles. The zero-order valence-corrected chi connectivity index (χ0v) is 17.7. The second-order valence-electron chi connectivity index (χ2n) is 7.86. The first-order chi connectivity index (χ1) is 13.7. The molecule has 0 radical (unpaired) electrons. The van der Waals surface area contributed by atoms with Crippen molar-refractivity contribution < 1.29 is 55.0 Å². The third kappa shape index (κ3) is 7.06. The number of hydrogen-bond acceptors (Lipinski definition) is 9. The van der Waals surface area contributed by atoms with Gasteiger partial charge in [-0.25, -0.2) is 4.18 Å². The minimum atomic E-state index is -4.77. The highest BCUT2D eigenvalue weighted by Crippen LogP contribution is 2.36. The lowest BCUT2D eigenvalue weighted by Gasteiger charge is -2.44. The van der Waals surface area contributed by atoms with Gasteiger partial charge in [0, 0.05) is 0 Å². The monoisotopic (exact) mass is 477 g/mol. The van der Waals surface area contributed by atoms with Crippen molar-refractivity contribution in [2.24, 2.45) is 17.8 Å². The minimum absolute atomic E-state index is 0.107. The molecule has 0 heterocycles. The first-order valence-corrected chi connectivity index (χ1v) is 12.1. The topological polar surface area (TPSA) is 217 Å². The van der Waals surface area contributed by atoms with Crippen LogP contribution in [0, 0.1) is 17.8 Å². The summed E-state index contributed by atoms with van der Waals surface area (Å²) in [5, 5.41) is 30.3. The summed E-state index contributed by atoms with van der Waals surface area (Å²) < 4.78 is 74.1. The molecule has 15 heteroatoms. The first kappa shape index (κ1) is 25.4. The van der Waals surface area contributed by atoms with Gasteiger partial charge in [0.25, 0.3) is 0 Å². The van der Waals surface area contributed by atoms with Crippen LogP contribution >= 0.6 is 0 Å². The summed E-state index contributed by atoms with van der Waals surface area (Å²) in [7, 11) is -9.53. The Kier molecular flexibility index (Phi) is 8.20. The molecule has 30 heavy (non-hydrogen) atoms. The lowest BCUT2D eigenvalue weighted by Crippen LogP contribution is -2.59.